The van der Waals surface area contributed by atoms with Gasteiger partial charge >= 0.3 is 0 Å². The van der Waals surface area contributed by atoms with Crippen LogP contribution in [0.4, 0.5) is 11.6 Å². The number of nitrogens with zero attached hydrogens (tertiary/aromatic N) is 4. The molecule has 1 aliphatic carbocycles. The van der Waals surface area contributed by atoms with E-state index >= 15 is 0 Å². The molecule has 0 radical (unpaired) electrons. The summed E-state index contributed by atoms with van der Waals surface area (Å²) in [6.45, 7) is 7.87. The number of aromatic nitrogens is 3. The summed E-state index contributed by atoms with van der Waals surface area (Å²) < 4.78 is 32.0. The average molecular weight is 538 g/mol. The molecule has 38 heavy (non-hydrogen) atoms. The smallest absolute Gasteiger partial charge is 0.182 e. The molecule has 0 bridgehead atoms. The standard InChI is InChI=1S/C28H35N5O4S/c1-18(15-34)16-38(35,36)25-11-20(13-30-26(25)29)19-4-5-24-21(10-19)14-33(8-9-37-24)27-22-12-28(2,3)7-6-23(22)31-17-32-27/h4-5,10-11,13,17-18,34H,6-9,12,14-16H2,1-3H3,(H2,29,30)/t18-/m1/s1. The van der Waals surface area contributed by atoms with Crippen molar-refractivity contribution in [3.63, 3.8) is 0 Å². The van der Waals surface area contributed by atoms with Crippen LogP contribution in [-0.2, 0) is 29.2 Å². The van der Waals surface area contributed by atoms with E-state index in [2.05, 4.69) is 28.7 Å². The highest BCUT2D eigenvalue weighted by atomic mass is 32.2. The Morgan fingerprint density at radius 1 is 1.18 bits per heavy atom. The Morgan fingerprint density at radius 3 is 2.79 bits per heavy atom. The van der Waals surface area contributed by atoms with Gasteiger partial charge in [0.25, 0.3) is 0 Å². The van der Waals surface area contributed by atoms with Crippen LogP contribution in [-0.4, -0.2) is 54.0 Å². The highest BCUT2D eigenvalue weighted by Crippen LogP contribution is 2.39. The molecule has 0 amide bonds. The minimum absolute atomic E-state index is 0.0154. The lowest BCUT2D eigenvalue weighted by atomic mass is 9.76. The van der Waals surface area contributed by atoms with E-state index in [1.54, 1.807) is 25.5 Å². The predicted octanol–water partition coefficient (Wildman–Crippen LogP) is 3.44. The van der Waals surface area contributed by atoms with Crippen LogP contribution in [0.5, 0.6) is 5.75 Å². The van der Waals surface area contributed by atoms with Crippen molar-refractivity contribution >= 4 is 21.5 Å². The number of sulfone groups is 1. The Kier molecular flexibility index (Phi) is 7.04. The summed E-state index contributed by atoms with van der Waals surface area (Å²) in [5.41, 5.74) is 11.0. The van der Waals surface area contributed by atoms with Crippen molar-refractivity contribution in [2.75, 3.05) is 36.1 Å². The molecule has 3 aromatic rings. The van der Waals surface area contributed by atoms with Crippen molar-refractivity contribution < 1.29 is 18.3 Å². The third kappa shape index (κ3) is 5.33. The van der Waals surface area contributed by atoms with Gasteiger partial charge in [-0.25, -0.2) is 23.4 Å². The molecular formula is C28H35N5O4S. The number of hydrogen-bond acceptors (Lipinski definition) is 9. The minimum Gasteiger partial charge on any atom is -0.491 e. The number of aliphatic hydroxyl groups is 1. The summed E-state index contributed by atoms with van der Waals surface area (Å²) in [5.74, 6) is 1.11. The SMILES string of the molecule is C[C@H](CO)CS(=O)(=O)c1cc(-c2ccc3c(c2)CN(c2ncnc4c2CC(C)(C)CC4)CCO3)cnc1N. The number of nitrogens with two attached hydrogens (primary N) is 1. The van der Waals surface area contributed by atoms with Crippen LogP contribution in [0, 0.1) is 11.3 Å². The summed E-state index contributed by atoms with van der Waals surface area (Å²) in [6, 6.07) is 7.42. The highest BCUT2D eigenvalue weighted by molar-refractivity contribution is 7.91. The molecule has 10 heteroatoms. The first-order chi connectivity index (χ1) is 18.1. The molecule has 3 N–H and O–H groups in total. The van der Waals surface area contributed by atoms with E-state index < -0.39 is 15.8 Å². The lowest BCUT2D eigenvalue weighted by Gasteiger charge is -2.33. The number of nitrogen functional groups attached to an aromatic ring is 1. The molecular weight excluding hydrogens is 502 g/mol. The predicted molar refractivity (Wildman–Crippen MR) is 147 cm³/mol. The number of aliphatic hydroxyl groups excluding tert-OH is 1. The molecule has 2 aromatic heterocycles. The van der Waals surface area contributed by atoms with Gasteiger partial charge in [0.15, 0.2) is 9.84 Å². The number of hydrogen-bond donors (Lipinski definition) is 2. The first-order valence-corrected chi connectivity index (χ1v) is 14.6. The summed E-state index contributed by atoms with van der Waals surface area (Å²) in [6.07, 6.45) is 6.25. The van der Waals surface area contributed by atoms with Crippen LogP contribution in [0.15, 0.2) is 41.7 Å². The highest BCUT2D eigenvalue weighted by Gasteiger charge is 2.31. The van der Waals surface area contributed by atoms with E-state index in [0.717, 1.165) is 47.7 Å². The van der Waals surface area contributed by atoms with Crippen molar-refractivity contribution in [1.82, 2.24) is 15.0 Å². The van der Waals surface area contributed by atoms with Crippen molar-refractivity contribution in [2.24, 2.45) is 11.3 Å². The summed E-state index contributed by atoms with van der Waals surface area (Å²) in [7, 11) is -3.71. The van der Waals surface area contributed by atoms with E-state index in [-0.39, 0.29) is 28.5 Å². The summed E-state index contributed by atoms with van der Waals surface area (Å²) in [4.78, 5) is 15.7. The molecule has 0 fully saturated rings. The lowest BCUT2D eigenvalue weighted by molar-refractivity contribution is 0.249. The van der Waals surface area contributed by atoms with E-state index in [0.29, 0.717) is 25.3 Å². The van der Waals surface area contributed by atoms with Crippen molar-refractivity contribution in [1.29, 1.82) is 0 Å². The number of rotatable bonds is 6. The molecule has 3 heterocycles. The number of anilines is 2. The number of aryl methyl sites for hydroxylation is 1. The fourth-order valence-corrected chi connectivity index (χ4v) is 6.98. The molecule has 5 rings (SSSR count). The fraction of sp³-hybridized carbons (Fsp3) is 0.464. The maximum Gasteiger partial charge on any atom is 0.182 e. The first-order valence-electron chi connectivity index (χ1n) is 13.0. The maximum atomic E-state index is 13.0. The van der Waals surface area contributed by atoms with Crippen molar-refractivity contribution in [3.05, 3.63) is 53.6 Å². The number of fused-ring (bicyclic) bond motifs is 2. The third-order valence-electron chi connectivity index (χ3n) is 7.41. The van der Waals surface area contributed by atoms with E-state index in [1.165, 1.54) is 5.56 Å². The topological polar surface area (TPSA) is 132 Å². The number of benzene rings is 1. The van der Waals surface area contributed by atoms with Crippen LogP contribution in [0.3, 0.4) is 0 Å². The Balaban J connectivity index is 1.48. The average Bonchev–Trinajstić information content (AvgIpc) is 3.09. The number of ether oxygens (including phenoxy) is 1. The molecule has 202 valence electrons. The fourth-order valence-electron chi connectivity index (χ4n) is 5.26. The van der Waals surface area contributed by atoms with Crippen LogP contribution in [0.1, 0.15) is 44.0 Å². The third-order valence-corrected chi connectivity index (χ3v) is 9.42. The molecule has 0 saturated carbocycles. The van der Waals surface area contributed by atoms with Crippen molar-refractivity contribution in [3.8, 4) is 16.9 Å². The van der Waals surface area contributed by atoms with Gasteiger partial charge in [0.05, 0.1) is 12.3 Å². The molecule has 1 aliphatic heterocycles. The zero-order chi connectivity index (χ0) is 27.1. The largest absolute Gasteiger partial charge is 0.491 e. The van der Waals surface area contributed by atoms with Crippen LogP contribution in [0.25, 0.3) is 11.1 Å². The van der Waals surface area contributed by atoms with Gasteiger partial charge in [0.2, 0.25) is 0 Å². The lowest BCUT2D eigenvalue weighted by Crippen LogP contribution is -2.31. The van der Waals surface area contributed by atoms with Crippen LogP contribution in [0.2, 0.25) is 0 Å². The Hall–Kier alpha value is -3.24. The van der Waals surface area contributed by atoms with Gasteiger partial charge in [-0.05, 0) is 54.4 Å². The molecule has 1 aromatic carbocycles. The van der Waals surface area contributed by atoms with E-state index in [9.17, 15) is 13.5 Å². The van der Waals surface area contributed by atoms with Crippen molar-refractivity contribution in [2.45, 2.75) is 51.5 Å². The molecule has 9 nitrogen and oxygen atoms in total. The Bertz CT molecular complexity index is 1460. The van der Waals surface area contributed by atoms with Gasteiger partial charge in [0, 0.05) is 41.7 Å². The van der Waals surface area contributed by atoms with Gasteiger partial charge < -0.3 is 20.5 Å². The second kappa shape index (κ2) is 10.1. The monoisotopic (exact) mass is 537 g/mol. The second-order valence-corrected chi connectivity index (χ2v) is 13.2. The molecule has 0 spiro atoms. The summed E-state index contributed by atoms with van der Waals surface area (Å²) in [5, 5.41) is 9.34. The zero-order valence-electron chi connectivity index (χ0n) is 22.1. The van der Waals surface area contributed by atoms with Gasteiger partial charge in [-0.2, -0.15) is 0 Å². The van der Waals surface area contributed by atoms with E-state index in [4.69, 9.17) is 15.5 Å². The molecule has 0 unspecified atom stereocenters. The Morgan fingerprint density at radius 2 is 2.00 bits per heavy atom. The van der Waals surface area contributed by atoms with Gasteiger partial charge in [-0.15, -0.1) is 0 Å². The molecule has 0 saturated heterocycles. The molecule has 2 aliphatic rings. The van der Waals surface area contributed by atoms with Gasteiger partial charge in [0.1, 0.15) is 35.2 Å². The number of pyridine rings is 1. The summed E-state index contributed by atoms with van der Waals surface area (Å²) >= 11 is 0. The van der Waals surface area contributed by atoms with E-state index in [1.807, 2.05) is 18.2 Å². The quantitative estimate of drug-likeness (QED) is 0.485. The van der Waals surface area contributed by atoms with Crippen LogP contribution < -0.4 is 15.4 Å². The normalized spacial score (nSPS) is 17.6. The molecule has 1 atom stereocenters. The second-order valence-electron chi connectivity index (χ2n) is 11.2. The van der Waals surface area contributed by atoms with Crippen LogP contribution >= 0.6 is 0 Å². The van der Waals surface area contributed by atoms with Gasteiger partial charge in [-0.1, -0.05) is 26.8 Å². The maximum absolute atomic E-state index is 13.0. The minimum atomic E-state index is -3.71. The Labute approximate surface area is 224 Å². The zero-order valence-corrected chi connectivity index (χ0v) is 23.0. The first kappa shape index (κ1) is 26.4. The van der Waals surface area contributed by atoms with Gasteiger partial charge in [-0.3, -0.25) is 0 Å².